The first kappa shape index (κ1) is 11.6. The number of rotatable bonds is 3. The summed E-state index contributed by atoms with van der Waals surface area (Å²) in [6.07, 6.45) is 0. The van der Waals surface area contributed by atoms with Crippen molar-refractivity contribution in [2.24, 2.45) is 11.7 Å². The lowest BCUT2D eigenvalue weighted by atomic mass is 9.99. The number of carbonyl (C=O) groups is 2. The molecule has 1 aromatic rings. The number of benzene rings is 1. The van der Waals surface area contributed by atoms with Gasteiger partial charge in [-0.05, 0) is 17.7 Å². The summed E-state index contributed by atoms with van der Waals surface area (Å²) in [6.45, 7) is 1.04. The molecule has 1 aliphatic heterocycles. The van der Waals surface area contributed by atoms with E-state index in [2.05, 4.69) is 0 Å². The lowest BCUT2D eigenvalue weighted by Crippen LogP contribution is -2.53. The zero-order chi connectivity index (χ0) is 12.4. The van der Waals surface area contributed by atoms with E-state index in [1.54, 1.807) is 12.1 Å². The second-order valence-electron chi connectivity index (χ2n) is 4.15. The number of carbonyl (C=O) groups excluding carboxylic acids is 1. The van der Waals surface area contributed by atoms with Crippen molar-refractivity contribution in [3.05, 3.63) is 35.4 Å². The summed E-state index contributed by atoms with van der Waals surface area (Å²) in [5, 5.41) is 8.72. The molecule has 1 aliphatic rings. The number of carboxylic acids is 1. The first-order valence-corrected chi connectivity index (χ1v) is 5.43. The van der Waals surface area contributed by atoms with E-state index in [1.165, 1.54) is 4.90 Å². The molecule has 0 unspecified atom stereocenters. The van der Waals surface area contributed by atoms with Gasteiger partial charge in [-0.15, -0.1) is 0 Å². The molecule has 5 heteroatoms. The van der Waals surface area contributed by atoms with Gasteiger partial charge in [-0.25, -0.2) is 0 Å². The summed E-state index contributed by atoms with van der Waals surface area (Å²) in [6, 6.07) is 7.06. The number of nitrogens with zero attached hydrogens (tertiary/aromatic N) is 1. The first-order chi connectivity index (χ1) is 8.11. The second kappa shape index (κ2) is 4.55. The van der Waals surface area contributed by atoms with Gasteiger partial charge in [0.2, 0.25) is 0 Å². The lowest BCUT2D eigenvalue weighted by Gasteiger charge is -2.36. The third-order valence-corrected chi connectivity index (χ3v) is 2.95. The number of hydrogen-bond donors (Lipinski definition) is 2. The lowest BCUT2D eigenvalue weighted by molar-refractivity contribution is -0.146. The van der Waals surface area contributed by atoms with Crippen LogP contribution in [0.25, 0.3) is 0 Å². The summed E-state index contributed by atoms with van der Waals surface area (Å²) in [5.41, 5.74) is 7.01. The molecule has 0 aromatic heterocycles. The van der Waals surface area contributed by atoms with Crippen molar-refractivity contribution >= 4 is 11.9 Å². The van der Waals surface area contributed by atoms with Crippen molar-refractivity contribution in [2.45, 2.75) is 6.54 Å². The molecule has 1 heterocycles. The smallest absolute Gasteiger partial charge is 0.310 e. The molecule has 0 atom stereocenters. The molecule has 0 saturated carbocycles. The van der Waals surface area contributed by atoms with E-state index in [-0.39, 0.29) is 5.91 Å². The maximum absolute atomic E-state index is 11.9. The van der Waals surface area contributed by atoms with Crippen LogP contribution in [-0.4, -0.2) is 35.0 Å². The molecule has 17 heavy (non-hydrogen) atoms. The largest absolute Gasteiger partial charge is 0.481 e. The number of hydrogen-bond acceptors (Lipinski definition) is 3. The van der Waals surface area contributed by atoms with Crippen LogP contribution in [0.4, 0.5) is 0 Å². The fourth-order valence-electron chi connectivity index (χ4n) is 1.77. The SMILES string of the molecule is NCc1ccc(C(=O)N2CC(C(=O)O)C2)cc1. The molecule has 2 rings (SSSR count). The maximum Gasteiger partial charge on any atom is 0.310 e. The van der Waals surface area contributed by atoms with Gasteiger partial charge in [0, 0.05) is 25.2 Å². The minimum absolute atomic E-state index is 0.119. The van der Waals surface area contributed by atoms with Gasteiger partial charge in [-0.1, -0.05) is 12.1 Å². The van der Waals surface area contributed by atoms with Crippen LogP contribution in [0.5, 0.6) is 0 Å². The van der Waals surface area contributed by atoms with E-state index in [4.69, 9.17) is 10.8 Å². The Balaban J connectivity index is 1.99. The molecular weight excluding hydrogens is 220 g/mol. The molecule has 1 amide bonds. The standard InChI is InChI=1S/C12H14N2O3/c13-5-8-1-3-9(4-2-8)11(15)14-6-10(7-14)12(16)17/h1-4,10H,5-7,13H2,(H,16,17). The molecule has 90 valence electrons. The Kier molecular flexibility index (Phi) is 3.10. The van der Waals surface area contributed by atoms with Crippen molar-refractivity contribution < 1.29 is 14.7 Å². The highest BCUT2D eigenvalue weighted by Gasteiger charge is 2.35. The maximum atomic E-state index is 11.9. The van der Waals surface area contributed by atoms with Gasteiger partial charge in [-0.2, -0.15) is 0 Å². The summed E-state index contributed by atoms with van der Waals surface area (Å²) in [4.78, 5) is 24.1. The highest BCUT2D eigenvalue weighted by Crippen LogP contribution is 2.19. The van der Waals surface area contributed by atoms with Crippen LogP contribution < -0.4 is 5.73 Å². The van der Waals surface area contributed by atoms with Crippen LogP contribution in [0.2, 0.25) is 0 Å². The van der Waals surface area contributed by atoms with Crippen LogP contribution >= 0.6 is 0 Å². The van der Waals surface area contributed by atoms with Crippen molar-refractivity contribution in [3.8, 4) is 0 Å². The average molecular weight is 234 g/mol. The van der Waals surface area contributed by atoms with Crippen molar-refractivity contribution in [1.82, 2.24) is 4.90 Å². The van der Waals surface area contributed by atoms with E-state index in [1.807, 2.05) is 12.1 Å². The Labute approximate surface area is 98.8 Å². The minimum Gasteiger partial charge on any atom is -0.481 e. The summed E-state index contributed by atoms with van der Waals surface area (Å²) < 4.78 is 0. The average Bonchev–Trinajstić information content (AvgIpc) is 2.26. The van der Waals surface area contributed by atoms with Gasteiger partial charge in [-0.3, -0.25) is 9.59 Å². The van der Waals surface area contributed by atoms with Crippen LogP contribution in [0.1, 0.15) is 15.9 Å². The number of aliphatic carboxylic acids is 1. The minimum atomic E-state index is -0.840. The Hall–Kier alpha value is -1.88. The second-order valence-corrected chi connectivity index (χ2v) is 4.15. The highest BCUT2D eigenvalue weighted by molar-refractivity contribution is 5.95. The number of likely N-dealkylation sites (tertiary alicyclic amines) is 1. The fraction of sp³-hybridized carbons (Fsp3) is 0.333. The Bertz CT molecular complexity index is 436. The van der Waals surface area contributed by atoms with Gasteiger partial charge in [0.15, 0.2) is 0 Å². The molecule has 5 nitrogen and oxygen atoms in total. The Morgan fingerprint density at radius 2 is 1.88 bits per heavy atom. The van der Waals surface area contributed by atoms with E-state index in [9.17, 15) is 9.59 Å². The fourth-order valence-corrected chi connectivity index (χ4v) is 1.77. The summed E-state index contributed by atoms with van der Waals surface area (Å²) in [7, 11) is 0. The zero-order valence-corrected chi connectivity index (χ0v) is 9.30. The number of nitrogens with two attached hydrogens (primary N) is 1. The van der Waals surface area contributed by atoms with Gasteiger partial charge in [0.05, 0.1) is 5.92 Å². The van der Waals surface area contributed by atoms with Gasteiger partial charge >= 0.3 is 5.97 Å². The predicted molar refractivity (Wildman–Crippen MR) is 61.4 cm³/mol. The topological polar surface area (TPSA) is 83.6 Å². The Morgan fingerprint density at radius 3 is 2.35 bits per heavy atom. The van der Waals surface area contributed by atoms with E-state index >= 15 is 0 Å². The molecule has 1 aromatic carbocycles. The number of amides is 1. The Morgan fingerprint density at radius 1 is 1.29 bits per heavy atom. The highest BCUT2D eigenvalue weighted by atomic mass is 16.4. The molecule has 0 spiro atoms. The van der Waals surface area contributed by atoms with Crippen LogP contribution in [-0.2, 0) is 11.3 Å². The molecule has 0 aliphatic carbocycles. The molecule has 0 radical (unpaired) electrons. The van der Waals surface area contributed by atoms with Gasteiger partial charge in [0.25, 0.3) is 5.91 Å². The third kappa shape index (κ3) is 2.29. The molecule has 3 N–H and O–H groups in total. The van der Waals surface area contributed by atoms with Crippen LogP contribution in [0.15, 0.2) is 24.3 Å². The summed E-state index contributed by atoms with van der Waals surface area (Å²) in [5.74, 6) is -1.37. The summed E-state index contributed by atoms with van der Waals surface area (Å²) >= 11 is 0. The van der Waals surface area contributed by atoms with Crippen molar-refractivity contribution in [1.29, 1.82) is 0 Å². The van der Waals surface area contributed by atoms with Crippen molar-refractivity contribution in [3.63, 3.8) is 0 Å². The third-order valence-electron chi connectivity index (χ3n) is 2.95. The number of carboxylic acid groups (broad SMARTS) is 1. The molecular formula is C12H14N2O3. The van der Waals surface area contributed by atoms with Crippen LogP contribution in [0, 0.1) is 5.92 Å². The quantitative estimate of drug-likeness (QED) is 0.788. The molecule has 0 bridgehead atoms. The van der Waals surface area contributed by atoms with Crippen LogP contribution in [0.3, 0.4) is 0 Å². The van der Waals surface area contributed by atoms with Crippen molar-refractivity contribution in [2.75, 3.05) is 13.1 Å². The van der Waals surface area contributed by atoms with E-state index in [0.717, 1.165) is 5.56 Å². The molecule has 1 fully saturated rings. The van der Waals surface area contributed by atoms with Gasteiger partial charge < -0.3 is 15.7 Å². The predicted octanol–water partition coefficient (Wildman–Crippen LogP) is 0.302. The van der Waals surface area contributed by atoms with Gasteiger partial charge in [0.1, 0.15) is 0 Å². The normalized spacial score (nSPS) is 15.5. The zero-order valence-electron chi connectivity index (χ0n) is 9.30. The monoisotopic (exact) mass is 234 g/mol. The first-order valence-electron chi connectivity index (χ1n) is 5.43. The van der Waals surface area contributed by atoms with E-state index < -0.39 is 11.9 Å². The van der Waals surface area contributed by atoms with E-state index in [0.29, 0.717) is 25.2 Å². The molecule has 1 saturated heterocycles.